The van der Waals surface area contributed by atoms with E-state index < -0.39 is 0 Å². The summed E-state index contributed by atoms with van der Waals surface area (Å²) in [6, 6.07) is 5.75. The number of nitrogens with two attached hydrogens (primary N) is 1. The number of nitrogens with one attached hydrogen (secondary N) is 1. The topological polar surface area (TPSA) is 72.9 Å². The fraction of sp³-hybridized carbons (Fsp3) is 0.467. The van der Waals surface area contributed by atoms with Crippen LogP contribution in [0.1, 0.15) is 37.9 Å². The normalized spacial score (nSPS) is 14.7. The van der Waals surface area contributed by atoms with Crippen LogP contribution in [0.15, 0.2) is 18.2 Å². The zero-order chi connectivity index (χ0) is 14.1. The van der Waals surface area contributed by atoms with Gasteiger partial charge in [-0.05, 0) is 31.4 Å². The summed E-state index contributed by atoms with van der Waals surface area (Å²) in [5, 5.41) is 2.92. The Kier molecular flexibility index (Phi) is 3.34. The molecule has 0 unspecified atom stereocenters. The van der Waals surface area contributed by atoms with E-state index in [2.05, 4.69) is 10.3 Å². The van der Waals surface area contributed by atoms with Crippen LogP contribution < -0.4 is 11.1 Å². The van der Waals surface area contributed by atoms with E-state index in [1.165, 1.54) is 0 Å². The van der Waals surface area contributed by atoms with Crippen molar-refractivity contribution in [2.24, 2.45) is 0 Å². The minimum Gasteiger partial charge on any atom is -0.397 e. The first-order valence-corrected chi connectivity index (χ1v) is 7.22. The largest absolute Gasteiger partial charge is 0.397 e. The maximum absolute atomic E-state index is 12.0. The van der Waals surface area contributed by atoms with E-state index in [1.54, 1.807) is 0 Å². The van der Waals surface area contributed by atoms with E-state index in [-0.39, 0.29) is 5.91 Å². The average Bonchev–Trinajstić information content (AvgIpc) is 3.21. The lowest BCUT2D eigenvalue weighted by Gasteiger charge is -2.09. The van der Waals surface area contributed by atoms with Crippen molar-refractivity contribution in [2.45, 2.75) is 38.6 Å². The van der Waals surface area contributed by atoms with E-state index in [9.17, 15) is 4.79 Å². The highest BCUT2D eigenvalue weighted by molar-refractivity contribution is 5.89. The zero-order valence-corrected chi connectivity index (χ0v) is 11.7. The average molecular weight is 272 g/mol. The summed E-state index contributed by atoms with van der Waals surface area (Å²) in [7, 11) is 0. The number of hydrogen-bond donors (Lipinski definition) is 2. The smallest absolute Gasteiger partial charge is 0.240 e. The van der Waals surface area contributed by atoms with Crippen LogP contribution in [0.4, 0.5) is 5.69 Å². The number of benzene rings is 1. The van der Waals surface area contributed by atoms with Crippen molar-refractivity contribution < 1.29 is 4.79 Å². The Morgan fingerprint density at radius 1 is 1.50 bits per heavy atom. The summed E-state index contributed by atoms with van der Waals surface area (Å²) in [5.74, 6) is 1.53. The number of carbonyl (C=O) groups excluding carboxylic acids is 1. The Hall–Kier alpha value is -2.04. The molecule has 1 aliphatic carbocycles. The molecule has 3 rings (SSSR count). The number of aromatic nitrogens is 2. The molecule has 1 heterocycles. The number of imidazole rings is 1. The number of hydrogen-bond acceptors (Lipinski definition) is 3. The highest BCUT2D eigenvalue weighted by atomic mass is 16.1. The third-order valence-electron chi connectivity index (χ3n) is 3.66. The van der Waals surface area contributed by atoms with Gasteiger partial charge in [-0.15, -0.1) is 0 Å². The number of anilines is 1. The molecule has 2 aromatic rings. The Bertz CT molecular complexity index is 643. The van der Waals surface area contributed by atoms with Gasteiger partial charge in [-0.3, -0.25) is 4.79 Å². The molecule has 0 saturated heterocycles. The van der Waals surface area contributed by atoms with Crippen molar-refractivity contribution in [3.63, 3.8) is 0 Å². The van der Waals surface area contributed by atoms with Crippen molar-refractivity contribution in [3.8, 4) is 0 Å². The molecule has 0 spiro atoms. The van der Waals surface area contributed by atoms with Crippen LogP contribution in [0.25, 0.3) is 11.0 Å². The number of fused-ring (bicyclic) bond motifs is 1. The van der Waals surface area contributed by atoms with Gasteiger partial charge in [-0.2, -0.15) is 0 Å². The molecule has 0 atom stereocenters. The first kappa shape index (κ1) is 13.0. The number of rotatable bonds is 5. The maximum Gasteiger partial charge on any atom is 0.240 e. The van der Waals surface area contributed by atoms with Crippen LogP contribution in [0.2, 0.25) is 0 Å². The van der Waals surface area contributed by atoms with Gasteiger partial charge in [0, 0.05) is 12.5 Å². The fourth-order valence-electron chi connectivity index (χ4n) is 2.47. The van der Waals surface area contributed by atoms with Gasteiger partial charge in [0.2, 0.25) is 5.91 Å². The number of nitrogen functional groups attached to an aromatic ring is 1. The lowest BCUT2D eigenvalue weighted by atomic mass is 10.2. The summed E-state index contributed by atoms with van der Waals surface area (Å²) in [4.78, 5) is 16.7. The summed E-state index contributed by atoms with van der Waals surface area (Å²) in [6.07, 6.45) is 3.25. The molecule has 1 saturated carbocycles. The van der Waals surface area contributed by atoms with Gasteiger partial charge < -0.3 is 15.6 Å². The van der Waals surface area contributed by atoms with Gasteiger partial charge in [0.1, 0.15) is 17.9 Å². The summed E-state index contributed by atoms with van der Waals surface area (Å²) in [5.41, 5.74) is 8.45. The predicted octanol–water partition coefficient (Wildman–Crippen LogP) is 2.02. The monoisotopic (exact) mass is 272 g/mol. The number of carbonyl (C=O) groups is 1. The van der Waals surface area contributed by atoms with Crippen LogP contribution in [-0.4, -0.2) is 22.0 Å². The Labute approximate surface area is 118 Å². The molecule has 5 heteroatoms. The van der Waals surface area contributed by atoms with Crippen LogP contribution in [-0.2, 0) is 11.3 Å². The van der Waals surface area contributed by atoms with E-state index in [0.717, 1.165) is 36.1 Å². The third-order valence-corrected chi connectivity index (χ3v) is 3.66. The second-order valence-electron chi connectivity index (χ2n) is 5.40. The van der Waals surface area contributed by atoms with Crippen molar-refractivity contribution in [2.75, 3.05) is 12.3 Å². The van der Waals surface area contributed by atoms with Gasteiger partial charge in [-0.1, -0.05) is 13.0 Å². The first-order chi connectivity index (χ1) is 9.70. The molecular weight excluding hydrogens is 252 g/mol. The molecule has 0 aliphatic heterocycles. The minimum atomic E-state index is 0.0375. The molecule has 1 aromatic carbocycles. The van der Waals surface area contributed by atoms with Crippen LogP contribution >= 0.6 is 0 Å². The van der Waals surface area contributed by atoms with Crippen molar-refractivity contribution >= 4 is 22.6 Å². The summed E-state index contributed by atoms with van der Waals surface area (Å²) in [6.45, 7) is 3.08. The second-order valence-corrected chi connectivity index (χ2v) is 5.40. The van der Waals surface area contributed by atoms with Gasteiger partial charge in [0.05, 0.1) is 11.2 Å². The van der Waals surface area contributed by atoms with Crippen LogP contribution in [0.5, 0.6) is 0 Å². The van der Waals surface area contributed by atoms with Gasteiger partial charge >= 0.3 is 0 Å². The molecule has 1 fully saturated rings. The maximum atomic E-state index is 12.0. The third kappa shape index (κ3) is 2.35. The molecule has 5 nitrogen and oxygen atoms in total. The highest BCUT2D eigenvalue weighted by Crippen LogP contribution is 2.41. The molecule has 1 amide bonds. The zero-order valence-electron chi connectivity index (χ0n) is 11.7. The van der Waals surface area contributed by atoms with Crippen molar-refractivity contribution in [1.29, 1.82) is 0 Å². The number of nitrogens with zero attached hydrogens (tertiary/aromatic N) is 2. The number of amides is 1. The quantitative estimate of drug-likeness (QED) is 0.818. The molecule has 1 aromatic heterocycles. The van der Waals surface area contributed by atoms with Gasteiger partial charge in [0.25, 0.3) is 0 Å². The fourth-order valence-corrected chi connectivity index (χ4v) is 2.47. The lowest BCUT2D eigenvalue weighted by Crippen LogP contribution is -2.28. The Morgan fingerprint density at radius 3 is 3.00 bits per heavy atom. The summed E-state index contributed by atoms with van der Waals surface area (Å²) < 4.78 is 2.02. The lowest BCUT2D eigenvalue weighted by molar-refractivity contribution is -0.121. The van der Waals surface area contributed by atoms with E-state index >= 15 is 0 Å². The summed E-state index contributed by atoms with van der Waals surface area (Å²) >= 11 is 0. The second kappa shape index (κ2) is 5.15. The van der Waals surface area contributed by atoms with E-state index in [0.29, 0.717) is 24.7 Å². The van der Waals surface area contributed by atoms with E-state index in [4.69, 9.17) is 5.73 Å². The Balaban J connectivity index is 1.97. The van der Waals surface area contributed by atoms with E-state index in [1.807, 2.05) is 29.7 Å². The highest BCUT2D eigenvalue weighted by Gasteiger charge is 2.30. The Morgan fingerprint density at radius 2 is 2.30 bits per heavy atom. The number of para-hydroxylation sites is 1. The molecule has 1 aliphatic rings. The minimum absolute atomic E-state index is 0.0375. The van der Waals surface area contributed by atoms with Crippen molar-refractivity contribution in [1.82, 2.24) is 14.9 Å². The first-order valence-electron chi connectivity index (χ1n) is 7.22. The van der Waals surface area contributed by atoms with Crippen LogP contribution in [0.3, 0.4) is 0 Å². The standard InChI is InChI=1S/C15H20N4O/c1-2-8-17-13(20)9-19-12-5-3-4-11(16)14(12)18-15(19)10-6-7-10/h3-5,10H,2,6-9,16H2,1H3,(H,17,20). The SMILES string of the molecule is CCCNC(=O)Cn1c(C2CC2)nc2c(N)cccc21. The van der Waals surface area contributed by atoms with Crippen molar-refractivity contribution in [3.05, 3.63) is 24.0 Å². The molecule has 0 radical (unpaired) electrons. The molecule has 3 N–H and O–H groups in total. The predicted molar refractivity (Wildman–Crippen MR) is 79.4 cm³/mol. The van der Waals surface area contributed by atoms with Crippen LogP contribution in [0, 0.1) is 0 Å². The molecule has 106 valence electrons. The van der Waals surface area contributed by atoms with Gasteiger partial charge in [0.15, 0.2) is 0 Å². The molecule has 0 bridgehead atoms. The molecular formula is C15H20N4O. The molecule has 20 heavy (non-hydrogen) atoms. The van der Waals surface area contributed by atoms with Gasteiger partial charge in [-0.25, -0.2) is 4.98 Å².